The van der Waals surface area contributed by atoms with Crippen molar-refractivity contribution in [3.8, 4) is 44.5 Å². The van der Waals surface area contributed by atoms with E-state index < -0.39 is 0 Å². The summed E-state index contributed by atoms with van der Waals surface area (Å²) in [5.41, 5.74) is 20.6. The van der Waals surface area contributed by atoms with Crippen molar-refractivity contribution in [1.82, 2.24) is 0 Å². The predicted molar refractivity (Wildman–Crippen MR) is 234 cm³/mol. The van der Waals surface area contributed by atoms with Gasteiger partial charge in [0.2, 0.25) is 0 Å². The Hall–Kier alpha value is -6.64. The lowest BCUT2D eigenvalue weighted by molar-refractivity contribution is 0.660. The fourth-order valence-corrected chi connectivity index (χ4v) is 9.80. The Bertz CT molecular complexity index is 3010. The molecule has 0 atom stereocenters. The fraction of sp³-hybridized carbons (Fsp3) is 0.111. The van der Waals surface area contributed by atoms with Gasteiger partial charge in [-0.1, -0.05) is 161 Å². The maximum Gasteiger partial charge on any atom is 0.143 e. The summed E-state index contributed by atoms with van der Waals surface area (Å²) in [6.07, 6.45) is 0. The van der Waals surface area contributed by atoms with E-state index in [-0.39, 0.29) is 10.8 Å². The summed E-state index contributed by atoms with van der Waals surface area (Å²) in [4.78, 5) is 2.44. The normalized spacial score (nSPS) is 14.4. The molecule has 1 aromatic heterocycles. The number of nitrogens with zero attached hydrogens (tertiary/aromatic N) is 1. The molecule has 2 aliphatic rings. The molecule has 0 radical (unpaired) electrons. The van der Waals surface area contributed by atoms with Crippen molar-refractivity contribution in [2.45, 2.75) is 38.5 Å². The molecule has 2 heteroatoms. The number of hydrogen-bond acceptors (Lipinski definition) is 2. The SMILES string of the molecule is CC1(C)c2ccccc2-c2ccc(-c3ccc(N(c4ccc(-c5cccc6c5oc5ccccc56)cc4)c4cccc5c4-c4ccccc4C5(C)C)cc3)cc21. The van der Waals surface area contributed by atoms with Crippen molar-refractivity contribution in [1.29, 1.82) is 0 Å². The third kappa shape index (κ3) is 4.69. The Labute approximate surface area is 328 Å². The van der Waals surface area contributed by atoms with Gasteiger partial charge in [-0.3, -0.25) is 0 Å². The summed E-state index contributed by atoms with van der Waals surface area (Å²) in [5.74, 6) is 0. The van der Waals surface area contributed by atoms with Crippen LogP contribution < -0.4 is 4.90 Å². The van der Waals surface area contributed by atoms with Gasteiger partial charge in [-0.05, 0) is 98.1 Å². The zero-order valence-electron chi connectivity index (χ0n) is 32.1. The van der Waals surface area contributed by atoms with Gasteiger partial charge < -0.3 is 9.32 Å². The molecule has 0 spiro atoms. The maximum absolute atomic E-state index is 6.45. The molecule has 0 amide bonds. The molecular formula is C54H41NO. The van der Waals surface area contributed by atoms with Crippen LogP contribution in [0.4, 0.5) is 17.1 Å². The van der Waals surface area contributed by atoms with E-state index in [4.69, 9.17) is 4.42 Å². The standard InChI is InChI=1S/C54H41NO/c1-53(2)46-19-9-6-15-44(46)51-47(53)20-12-21-49(51)55(38-30-25-35(26-31-38)39-16-11-17-43-42-14-7-10-22-50(42)56-52(39)43)37-28-23-34(24-29-37)36-27-32-41-40-13-5-8-18-45(40)54(3,4)48(41)33-36/h5-33H,1-4H3. The van der Waals surface area contributed by atoms with Crippen LogP contribution in [-0.4, -0.2) is 0 Å². The smallest absolute Gasteiger partial charge is 0.143 e. The van der Waals surface area contributed by atoms with Gasteiger partial charge in [-0.15, -0.1) is 0 Å². The van der Waals surface area contributed by atoms with E-state index in [2.05, 4.69) is 196 Å². The zero-order chi connectivity index (χ0) is 37.8. The van der Waals surface area contributed by atoms with Crippen LogP contribution in [0.1, 0.15) is 49.9 Å². The molecule has 11 rings (SSSR count). The number of fused-ring (bicyclic) bond motifs is 9. The van der Waals surface area contributed by atoms with Gasteiger partial charge in [0.15, 0.2) is 0 Å². The molecule has 0 unspecified atom stereocenters. The average Bonchev–Trinajstić information content (AvgIpc) is 3.82. The van der Waals surface area contributed by atoms with Crippen molar-refractivity contribution in [2.24, 2.45) is 0 Å². The Morgan fingerprint density at radius 2 is 0.929 bits per heavy atom. The molecule has 1 heterocycles. The van der Waals surface area contributed by atoms with Crippen molar-refractivity contribution in [3.63, 3.8) is 0 Å². The van der Waals surface area contributed by atoms with Crippen molar-refractivity contribution in [3.05, 3.63) is 198 Å². The molecule has 268 valence electrons. The van der Waals surface area contributed by atoms with E-state index in [1.165, 1.54) is 61.3 Å². The van der Waals surface area contributed by atoms with Gasteiger partial charge in [0.1, 0.15) is 11.2 Å². The first-order valence-corrected chi connectivity index (χ1v) is 19.7. The second-order valence-corrected chi connectivity index (χ2v) is 16.5. The summed E-state index contributed by atoms with van der Waals surface area (Å²) < 4.78 is 6.45. The number of anilines is 3. The van der Waals surface area contributed by atoms with Gasteiger partial charge in [0, 0.05) is 44.1 Å². The average molecular weight is 720 g/mol. The Morgan fingerprint density at radius 3 is 1.70 bits per heavy atom. The van der Waals surface area contributed by atoms with Gasteiger partial charge in [-0.25, -0.2) is 0 Å². The minimum absolute atomic E-state index is 0.0431. The highest BCUT2D eigenvalue weighted by atomic mass is 16.3. The highest BCUT2D eigenvalue weighted by Gasteiger charge is 2.38. The first kappa shape index (κ1) is 32.8. The molecule has 0 bridgehead atoms. The molecule has 0 saturated heterocycles. The molecule has 0 N–H and O–H groups in total. The van der Waals surface area contributed by atoms with Crippen LogP contribution in [0.5, 0.6) is 0 Å². The summed E-state index contributed by atoms with van der Waals surface area (Å²) in [7, 11) is 0. The zero-order valence-corrected chi connectivity index (χ0v) is 32.1. The Morgan fingerprint density at radius 1 is 0.393 bits per heavy atom. The molecular weight excluding hydrogens is 679 g/mol. The lowest BCUT2D eigenvalue weighted by Gasteiger charge is -2.29. The van der Waals surface area contributed by atoms with Crippen LogP contribution in [0, 0.1) is 0 Å². The minimum Gasteiger partial charge on any atom is -0.455 e. The number of furan rings is 1. The third-order valence-corrected chi connectivity index (χ3v) is 12.7. The molecule has 0 aliphatic heterocycles. The van der Waals surface area contributed by atoms with Crippen LogP contribution >= 0.6 is 0 Å². The summed E-state index contributed by atoms with van der Waals surface area (Å²) in [6, 6.07) is 64.5. The predicted octanol–water partition coefficient (Wildman–Crippen LogP) is 15.0. The van der Waals surface area contributed by atoms with Crippen LogP contribution in [0.2, 0.25) is 0 Å². The highest BCUT2D eigenvalue weighted by Crippen LogP contribution is 2.54. The third-order valence-electron chi connectivity index (χ3n) is 12.7. The summed E-state index contributed by atoms with van der Waals surface area (Å²) >= 11 is 0. The number of benzene rings is 8. The van der Waals surface area contributed by atoms with Crippen molar-refractivity contribution < 1.29 is 4.42 Å². The summed E-state index contributed by atoms with van der Waals surface area (Å²) in [6.45, 7) is 9.40. The van der Waals surface area contributed by atoms with E-state index in [1.807, 2.05) is 12.1 Å². The van der Waals surface area contributed by atoms with Gasteiger partial charge in [0.25, 0.3) is 0 Å². The Balaban J connectivity index is 1.04. The van der Waals surface area contributed by atoms with Crippen LogP contribution in [-0.2, 0) is 10.8 Å². The number of hydrogen-bond donors (Lipinski definition) is 0. The van der Waals surface area contributed by atoms with Crippen molar-refractivity contribution >= 4 is 39.0 Å². The molecule has 8 aromatic carbocycles. The van der Waals surface area contributed by atoms with E-state index in [1.54, 1.807) is 0 Å². The summed E-state index contributed by atoms with van der Waals surface area (Å²) in [5, 5.41) is 2.28. The molecule has 9 aromatic rings. The first-order valence-electron chi connectivity index (χ1n) is 19.7. The monoisotopic (exact) mass is 719 g/mol. The topological polar surface area (TPSA) is 16.4 Å². The minimum atomic E-state index is -0.104. The molecule has 2 nitrogen and oxygen atoms in total. The molecule has 0 saturated carbocycles. The van der Waals surface area contributed by atoms with Crippen molar-refractivity contribution in [2.75, 3.05) is 4.90 Å². The fourth-order valence-electron chi connectivity index (χ4n) is 9.80. The largest absolute Gasteiger partial charge is 0.455 e. The van der Waals surface area contributed by atoms with Gasteiger partial charge in [0.05, 0.1) is 5.69 Å². The van der Waals surface area contributed by atoms with Gasteiger partial charge in [-0.2, -0.15) is 0 Å². The van der Waals surface area contributed by atoms with E-state index in [0.717, 1.165) is 44.4 Å². The lowest BCUT2D eigenvalue weighted by atomic mass is 9.81. The van der Waals surface area contributed by atoms with Gasteiger partial charge >= 0.3 is 0 Å². The van der Waals surface area contributed by atoms with Crippen LogP contribution in [0.15, 0.2) is 180 Å². The lowest BCUT2D eigenvalue weighted by Crippen LogP contribution is -2.16. The number of para-hydroxylation sites is 2. The van der Waals surface area contributed by atoms with E-state index in [0.29, 0.717) is 0 Å². The molecule has 2 aliphatic carbocycles. The number of rotatable bonds is 5. The maximum atomic E-state index is 6.45. The van der Waals surface area contributed by atoms with Crippen LogP contribution in [0.3, 0.4) is 0 Å². The highest BCUT2D eigenvalue weighted by molar-refractivity contribution is 6.09. The Kier molecular flexibility index (Phi) is 6.98. The first-order chi connectivity index (χ1) is 27.3. The van der Waals surface area contributed by atoms with E-state index in [9.17, 15) is 0 Å². The quantitative estimate of drug-likeness (QED) is 0.176. The molecule has 56 heavy (non-hydrogen) atoms. The second-order valence-electron chi connectivity index (χ2n) is 16.5. The van der Waals surface area contributed by atoms with Crippen LogP contribution in [0.25, 0.3) is 66.4 Å². The second kappa shape index (κ2) is 11.9. The molecule has 0 fully saturated rings. The van der Waals surface area contributed by atoms with E-state index >= 15 is 0 Å².